The van der Waals surface area contributed by atoms with Crippen LogP contribution in [0.25, 0.3) is 11.0 Å². The summed E-state index contributed by atoms with van der Waals surface area (Å²) < 4.78 is 11.1. The Labute approximate surface area is 148 Å². The van der Waals surface area contributed by atoms with Crippen LogP contribution in [0.3, 0.4) is 0 Å². The molecule has 0 aliphatic heterocycles. The van der Waals surface area contributed by atoms with Crippen molar-refractivity contribution in [1.82, 2.24) is 5.32 Å². The zero-order valence-corrected chi connectivity index (χ0v) is 15.9. The molecule has 0 bridgehead atoms. The first-order valence-electron chi connectivity index (χ1n) is 8.59. The van der Waals surface area contributed by atoms with Gasteiger partial charge >= 0.3 is 0 Å². The highest BCUT2D eigenvalue weighted by Gasteiger charge is 2.28. The SMILES string of the molecule is CCOc1cccc2cc(C(=O)NC(C)(C)CC(C)(C)C)c(=N)oc12. The van der Waals surface area contributed by atoms with Crippen LogP contribution in [0.2, 0.25) is 0 Å². The number of carbonyl (C=O) groups excluding carboxylic acids is 1. The van der Waals surface area contributed by atoms with Crippen molar-refractivity contribution in [3.63, 3.8) is 0 Å². The average Bonchev–Trinajstić information content (AvgIpc) is 2.44. The summed E-state index contributed by atoms with van der Waals surface area (Å²) in [7, 11) is 0. The smallest absolute Gasteiger partial charge is 0.257 e. The van der Waals surface area contributed by atoms with Gasteiger partial charge in [-0.25, -0.2) is 0 Å². The number of benzene rings is 1. The Morgan fingerprint density at radius 3 is 2.52 bits per heavy atom. The highest BCUT2D eigenvalue weighted by atomic mass is 16.5. The number of para-hydroxylation sites is 1. The van der Waals surface area contributed by atoms with E-state index in [2.05, 4.69) is 26.1 Å². The van der Waals surface area contributed by atoms with Crippen LogP contribution in [-0.2, 0) is 0 Å². The van der Waals surface area contributed by atoms with E-state index < -0.39 is 0 Å². The Bertz CT molecular complexity index is 829. The lowest BCUT2D eigenvalue weighted by Gasteiger charge is -2.33. The third kappa shape index (κ3) is 4.84. The number of nitrogens with one attached hydrogen (secondary N) is 2. The van der Waals surface area contributed by atoms with E-state index in [1.54, 1.807) is 12.1 Å². The molecule has 2 rings (SSSR count). The molecule has 25 heavy (non-hydrogen) atoms. The lowest BCUT2D eigenvalue weighted by Crippen LogP contribution is -2.46. The summed E-state index contributed by atoms with van der Waals surface area (Å²) in [6, 6.07) is 7.17. The topological polar surface area (TPSA) is 75.3 Å². The van der Waals surface area contributed by atoms with E-state index in [-0.39, 0.29) is 28.0 Å². The number of fused-ring (bicyclic) bond motifs is 1. The zero-order chi connectivity index (χ0) is 18.8. The van der Waals surface area contributed by atoms with Gasteiger partial charge in [-0.2, -0.15) is 0 Å². The van der Waals surface area contributed by atoms with Crippen LogP contribution in [0.4, 0.5) is 0 Å². The number of amides is 1. The molecule has 1 aromatic carbocycles. The molecule has 0 radical (unpaired) electrons. The van der Waals surface area contributed by atoms with Gasteiger partial charge in [0.1, 0.15) is 5.56 Å². The standard InChI is InChI=1S/C20H28N2O3/c1-7-24-15-10-8-9-13-11-14(17(21)25-16(13)15)18(23)22-20(5,6)12-19(2,3)4/h8-11,21H,7,12H2,1-6H3,(H,22,23). The van der Waals surface area contributed by atoms with E-state index in [4.69, 9.17) is 14.6 Å². The Balaban J connectivity index is 2.36. The van der Waals surface area contributed by atoms with Gasteiger partial charge in [-0.05, 0) is 44.7 Å². The molecule has 1 heterocycles. The largest absolute Gasteiger partial charge is 0.490 e. The quantitative estimate of drug-likeness (QED) is 0.851. The van der Waals surface area contributed by atoms with Gasteiger partial charge in [0.15, 0.2) is 11.3 Å². The first-order valence-corrected chi connectivity index (χ1v) is 8.59. The highest BCUT2D eigenvalue weighted by Crippen LogP contribution is 2.28. The molecule has 0 unspecified atom stereocenters. The molecule has 1 aromatic heterocycles. The predicted octanol–water partition coefficient (Wildman–Crippen LogP) is 4.26. The number of hydrogen-bond acceptors (Lipinski definition) is 4. The van der Waals surface area contributed by atoms with Gasteiger partial charge in [0.25, 0.3) is 5.91 Å². The average molecular weight is 344 g/mol. The third-order valence-corrected chi connectivity index (χ3v) is 3.73. The molecular weight excluding hydrogens is 316 g/mol. The van der Waals surface area contributed by atoms with Crippen molar-refractivity contribution in [3.8, 4) is 5.75 Å². The Hall–Kier alpha value is -2.30. The minimum Gasteiger partial charge on any atom is -0.490 e. The summed E-state index contributed by atoms with van der Waals surface area (Å²) >= 11 is 0. The molecule has 0 fully saturated rings. The zero-order valence-electron chi connectivity index (χ0n) is 15.9. The Morgan fingerprint density at radius 2 is 1.92 bits per heavy atom. The summed E-state index contributed by atoms with van der Waals surface area (Å²) in [6.07, 6.45) is 0.818. The van der Waals surface area contributed by atoms with Crippen LogP contribution < -0.4 is 15.6 Å². The summed E-state index contributed by atoms with van der Waals surface area (Å²) in [6.45, 7) is 12.8. The van der Waals surface area contributed by atoms with Crippen molar-refractivity contribution in [1.29, 1.82) is 5.41 Å². The maximum absolute atomic E-state index is 12.7. The number of hydrogen-bond donors (Lipinski definition) is 2. The van der Waals surface area contributed by atoms with Crippen molar-refractivity contribution >= 4 is 16.9 Å². The molecule has 0 saturated heterocycles. The molecule has 0 aliphatic carbocycles. The molecule has 1 amide bonds. The third-order valence-electron chi connectivity index (χ3n) is 3.73. The molecule has 0 aliphatic rings. The van der Waals surface area contributed by atoms with Gasteiger partial charge in [-0.15, -0.1) is 0 Å². The summed E-state index contributed by atoms with van der Waals surface area (Å²) in [5, 5.41) is 11.9. The van der Waals surface area contributed by atoms with Crippen LogP contribution >= 0.6 is 0 Å². The van der Waals surface area contributed by atoms with Crippen LogP contribution in [0.5, 0.6) is 5.75 Å². The highest BCUT2D eigenvalue weighted by molar-refractivity contribution is 5.97. The number of carbonyl (C=O) groups is 1. The molecule has 0 saturated carbocycles. The van der Waals surface area contributed by atoms with E-state index in [0.717, 1.165) is 11.8 Å². The first kappa shape index (κ1) is 19.0. The Kier molecular flexibility index (Phi) is 5.26. The maximum Gasteiger partial charge on any atom is 0.257 e. The van der Waals surface area contributed by atoms with Crippen LogP contribution in [0, 0.1) is 10.8 Å². The fraction of sp³-hybridized carbons (Fsp3) is 0.500. The van der Waals surface area contributed by atoms with Gasteiger partial charge in [0.2, 0.25) is 5.55 Å². The first-order chi connectivity index (χ1) is 11.5. The van der Waals surface area contributed by atoms with E-state index in [1.807, 2.05) is 32.9 Å². The van der Waals surface area contributed by atoms with Gasteiger partial charge in [0.05, 0.1) is 6.61 Å². The molecule has 136 valence electrons. The maximum atomic E-state index is 12.7. The molecule has 5 heteroatoms. The molecule has 2 aromatic rings. The van der Waals surface area contributed by atoms with Gasteiger partial charge in [-0.3, -0.25) is 10.2 Å². The Morgan fingerprint density at radius 1 is 1.24 bits per heavy atom. The van der Waals surface area contributed by atoms with E-state index in [9.17, 15) is 4.79 Å². The predicted molar refractivity (Wildman–Crippen MR) is 98.9 cm³/mol. The van der Waals surface area contributed by atoms with Crippen molar-refractivity contribution in [2.75, 3.05) is 6.61 Å². The van der Waals surface area contributed by atoms with E-state index >= 15 is 0 Å². The second-order valence-electron chi connectivity index (χ2n) is 8.17. The molecular formula is C20H28N2O3. The van der Waals surface area contributed by atoms with Crippen molar-refractivity contribution < 1.29 is 13.9 Å². The monoisotopic (exact) mass is 344 g/mol. The van der Waals surface area contributed by atoms with Crippen molar-refractivity contribution in [2.24, 2.45) is 5.41 Å². The van der Waals surface area contributed by atoms with Crippen LogP contribution in [0.1, 0.15) is 58.3 Å². The van der Waals surface area contributed by atoms with Gasteiger partial charge in [0, 0.05) is 10.9 Å². The van der Waals surface area contributed by atoms with Gasteiger partial charge < -0.3 is 14.5 Å². The van der Waals surface area contributed by atoms with E-state index in [0.29, 0.717) is 17.9 Å². The van der Waals surface area contributed by atoms with Gasteiger partial charge in [-0.1, -0.05) is 32.9 Å². The second kappa shape index (κ2) is 6.90. The molecule has 2 N–H and O–H groups in total. The van der Waals surface area contributed by atoms with Crippen molar-refractivity contribution in [3.05, 3.63) is 35.4 Å². The minimum absolute atomic E-state index is 0.0841. The number of rotatable bonds is 5. The fourth-order valence-electron chi connectivity index (χ4n) is 3.32. The minimum atomic E-state index is -0.385. The number of ether oxygens (including phenoxy) is 1. The molecule has 0 spiro atoms. The molecule has 5 nitrogen and oxygen atoms in total. The summed E-state index contributed by atoms with van der Waals surface area (Å²) in [5.74, 6) is 0.278. The van der Waals surface area contributed by atoms with Crippen molar-refractivity contribution in [2.45, 2.75) is 53.5 Å². The lowest BCUT2D eigenvalue weighted by molar-refractivity contribution is 0.0887. The van der Waals surface area contributed by atoms with Crippen LogP contribution in [0.15, 0.2) is 28.7 Å². The summed E-state index contributed by atoms with van der Waals surface area (Å²) in [5.41, 5.74) is 0.247. The fourth-order valence-corrected chi connectivity index (χ4v) is 3.32. The summed E-state index contributed by atoms with van der Waals surface area (Å²) in [4.78, 5) is 12.7. The molecule has 0 atom stereocenters. The van der Waals surface area contributed by atoms with Crippen LogP contribution in [-0.4, -0.2) is 18.1 Å². The van der Waals surface area contributed by atoms with E-state index in [1.165, 1.54) is 0 Å². The lowest BCUT2D eigenvalue weighted by atomic mass is 9.81. The second-order valence-corrected chi connectivity index (χ2v) is 8.17. The normalized spacial score (nSPS) is 12.2.